The van der Waals surface area contributed by atoms with Crippen LogP contribution in [0.5, 0.6) is 0 Å². The molecule has 0 radical (unpaired) electrons. The second-order valence-corrected chi connectivity index (χ2v) is 9.14. The minimum absolute atomic E-state index is 0.309. The van der Waals surface area contributed by atoms with Gasteiger partial charge in [-0.2, -0.15) is 0 Å². The molecular formula is C21H27ClN2O3S. The fourth-order valence-electron chi connectivity index (χ4n) is 3.05. The normalized spacial score (nSPS) is 12.4. The van der Waals surface area contributed by atoms with Crippen molar-refractivity contribution in [3.05, 3.63) is 64.7 Å². The quantitative estimate of drug-likeness (QED) is 0.622. The Bertz CT molecular complexity index is 898. The highest BCUT2D eigenvalue weighted by molar-refractivity contribution is 7.92. The minimum atomic E-state index is -3.65. The number of amides is 1. The molecule has 5 nitrogen and oxygen atoms in total. The molecule has 2 aromatic carbocycles. The van der Waals surface area contributed by atoms with E-state index in [-0.39, 0.29) is 5.91 Å². The van der Waals surface area contributed by atoms with Crippen molar-refractivity contribution in [2.75, 3.05) is 17.1 Å². The molecule has 0 aliphatic heterocycles. The molecule has 0 saturated carbocycles. The van der Waals surface area contributed by atoms with Gasteiger partial charge in [0.15, 0.2) is 0 Å². The molecule has 152 valence electrons. The molecule has 0 aliphatic rings. The van der Waals surface area contributed by atoms with Crippen LogP contribution in [0.1, 0.15) is 30.9 Å². The minimum Gasteiger partial charge on any atom is -0.354 e. The van der Waals surface area contributed by atoms with Gasteiger partial charge in [0.25, 0.3) is 0 Å². The number of hydrogen-bond acceptors (Lipinski definition) is 3. The van der Waals surface area contributed by atoms with E-state index in [2.05, 4.69) is 29.6 Å². The van der Waals surface area contributed by atoms with E-state index in [9.17, 15) is 13.2 Å². The lowest BCUT2D eigenvalue weighted by molar-refractivity contribution is -0.122. The highest BCUT2D eigenvalue weighted by Gasteiger charge is 2.31. The summed E-state index contributed by atoms with van der Waals surface area (Å²) in [5, 5.41) is 3.29. The summed E-state index contributed by atoms with van der Waals surface area (Å²) in [7, 11) is -3.65. The maximum Gasteiger partial charge on any atom is 0.243 e. The van der Waals surface area contributed by atoms with Crippen LogP contribution in [-0.2, 0) is 21.2 Å². The van der Waals surface area contributed by atoms with E-state index in [0.717, 1.165) is 23.4 Å². The van der Waals surface area contributed by atoms with Gasteiger partial charge in [-0.1, -0.05) is 54.4 Å². The van der Waals surface area contributed by atoms with Crippen LogP contribution in [0.25, 0.3) is 0 Å². The van der Waals surface area contributed by atoms with Gasteiger partial charge in [-0.25, -0.2) is 8.42 Å². The fourth-order valence-corrected chi connectivity index (χ4v) is 4.44. The summed E-state index contributed by atoms with van der Waals surface area (Å²) in [6, 6.07) is 14.0. The Kier molecular flexibility index (Phi) is 7.89. The SMILES string of the molecule is CCC(C(=O)NCCCc1ccc(C)cc1)N(c1cccc(Cl)c1)S(C)(=O)=O. The molecule has 1 amide bonds. The Hall–Kier alpha value is -2.05. The van der Waals surface area contributed by atoms with Crippen molar-refractivity contribution in [1.82, 2.24) is 5.32 Å². The largest absolute Gasteiger partial charge is 0.354 e. The Balaban J connectivity index is 2.04. The van der Waals surface area contributed by atoms with E-state index in [0.29, 0.717) is 23.7 Å². The molecular weight excluding hydrogens is 396 g/mol. The topological polar surface area (TPSA) is 66.5 Å². The number of nitrogens with one attached hydrogen (secondary N) is 1. The maximum absolute atomic E-state index is 12.7. The second kappa shape index (κ2) is 9.94. The molecule has 1 unspecified atom stereocenters. The third-order valence-corrected chi connectivity index (χ3v) is 5.87. The van der Waals surface area contributed by atoms with Crippen LogP contribution in [0.4, 0.5) is 5.69 Å². The molecule has 0 spiro atoms. The van der Waals surface area contributed by atoms with Crippen molar-refractivity contribution >= 4 is 33.2 Å². The molecule has 7 heteroatoms. The third kappa shape index (κ3) is 6.24. The van der Waals surface area contributed by atoms with Crippen molar-refractivity contribution in [3.8, 4) is 0 Å². The van der Waals surface area contributed by atoms with E-state index in [4.69, 9.17) is 11.6 Å². The van der Waals surface area contributed by atoms with Crippen molar-refractivity contribution in [2.24, 2.45) is 0 Å². The van der Waals surface area contributed by atoms with Crippen molar-refractivity contribution in [1.29, 1.82) is 0 Å². The van der Waals surface area contributed by atoms with Crippen LogP contribution in [0.3, 0.4) is 0 Å². The Morgan fingerprint density at radius 2 is 1.86 bits per heavy atom. The average Bonchev–Trinajstić information content (AvgIpc) is 2.63. The molecule has 28 heavy (non-hydrogen) atoms. The Morgan fingerprint density at radius 1 is 1.18 bits per heavy atom. The van der Waals surface area contributed by atoms with E-state index >= 15 is 0 Å². The highest BCUT2D eigenvalue weighted by atomic mass is 35.5. The summed E-state index contributed by atoms with van der Waals surface area (Å²) in [6.07, 6.45) is 3.08. The molecule has 0 heterocycles. The zero-order valence-corrected chi connectivity index (χ0v) is 18.1. The van der Waals surface area contributed by atoms with Gasteiger partial charge < -0.3 is 5.32 Å². The van der Waals surface area contributed by atoms with Crippen LogP contribution in [0.15, 0.2) is 48.5 Å². The summed E-state index contributed by atoms with van der Waals surface area (Å²) < 4.78 is 25.9. The molecule has 0 aromatic heterocycles. The van der Waals surface area contributed by atoms with Gasteiger partial charge in [0, 0.05) is 11.6 Å². The second-order valence-electron chi connectivity index (χ2n) is 6.84. The Labute approximate surface area is 172 Å². The number of carbonyl (C=O) groups excluding carboxylic acids is 1. The number of sulfonamides is 1. The first kappa shape index (κ1) is 22.2. The predicted molar refractivity (Wildman–Crippen MR) is 115 cm³/mol. The van der Waals surface area contributed by atoms with Gasteiger partial charge in [0.2, 0.25) is 15.9 Å². The molecule has 1 atom stereocenters. The number of anilines is 1. The smallest absolute Gasteiger partial charge is 0.243 e. The summed E-state index contributed by atoms with van der Waals surface area (Å²) in [4.78, 5) is 12.7. The first-order valence-corrected chi connectivity index (χ1v) is 11.5. The van der Waals surface area contributed by atoms with Crippen LogP contribution < -0.4 is 9.62 Å². The standard InChI is InChI=1S/C21H27ClN2O3S/c1-4-20(24(28(3,26)27)19-9-5-8-18(22)15-19)21(25)23-14-6-7-17-12-10-16(2)11-13-17/h5,8-13,15,20H,4,6-7,14H2,1-3H3,(H,23,25). The van der Waals surface area contributed by atoms with Gasteiger partial charge in [0.1, 0.15) is 6.04 Å². The van der Waals surface area contributed by atoms with E-state index in [1.807, 2.05) is 6.92 Å². The zero-order chi connectivity index (χ0) is 20.7. The number of aryl methyl sites for hydroxylation is 2. The number of nitrogens with zero attached hydrogens (tertiary/aromatic N) is 1. The lowest BCUT2D eigenvalue weighted by Gasteiger charge is -2.30. The monoisotopic (exact) mass is 422 g/mol. The summed E-state index contributed by atoms with van der Waals surface area (Å²) in [6.45, 7) is 4.32. The van der Waals surface area contributed by atoms with Crippen LogP contribution in [0, 0.1) is 6.92 Å². The number of rotatable bonds is 9. The maximum atomic E-state index is 12.7. The number of benzene rings is 2. The molecule has 1 N–H and O–H groups in total. The van der Waals surface area contributed by atoms with Gasteiger partial charge in [-0.3, -0.25) is 9.10 Å². The number of hydrogen-bond donors (Lipinski definition) is 1. The van der Waals surface area contributed by atoms with Gasteiger partial charge >= 0.3 is 0 Å². The molecule has 0 saturated heterocycles. The van der Waals surface area contributed by atoms with Gasteiger partial charge in [-0.15, -0.1) is 0 Å². The Morgan fingerprint density at radius 3 is 2.43 bits per heavy atom. The zero-order valence-electron chi connectivity index (χ0n) is 16.5. The van der Waals surface area contributed by atoms with Crippen molar-refractivity contribution in [2.45, 2.75) is 39.2 Å². The number of halogens is 1. The fraction of sp³-hybridized carbons (Fsp3) is 0.381. The summed E-state index contributed by atoms with van der Waals surface area (Å²) in [5.41, 5.74) is 2.81. The summed E-state index contributed by atoms with van der Waals surface area (Å²) >= 11 is 6.01. The first-order chi connectivity index (χ1) is 13.2. The summed E-state index contributed by atoms with van der Waals surface area (Å²) in [5.74, 6) is -0.309. The molecule has 0 fully saturated rings. The van der Waals surface area contributed by atoms with Gasteiger partial charge in [0.05, 0.1) is 11.9 Å². The predicted octanol–water partition coefficient (Wildman–Crippen LogP) is 3.94. The van der Waals surface area contributed by atoms with Crippen LogP contribution in [-0.4, -0.2) is 33.2 Å². The van der Waals surface area contributed by atoms with E-state index < -0.39 is 16.1 Å². The molecule has 2 rings (SSSR count). The van der Waals surface area contributed by atoms with Crippen LogP contribution in [0.2, 0.25) is 5.02 Å². The number of carbonyl (C=O) groups is 1. The first-order valence-electron chi connectivity index (χ1n) is 9.30. The molecule has 0 aliphatic carbocycles. The molecule has 2 aromatic rings. The highest BCUT2D eigenvalue weighted by Crippen LogP contribution is 2.25. The van der Waals surface area contributed by atoms with Gasteiger partial charge in [-0.05, 0) is 49.9 Å². The van der Waals surface area contributed by atoms with Crippen LogP contribution >= 0.6 is 11.6 Å². The molecule has 0 bridgehead atoms. The van der Waals surface area contributed by atoms with E-state index in [1.165, 1.54) is 11.1 Å². The van der Waals surface area contributed by atoms with Crippen molar-refractivity contribution in [3.63, 3.8) is 0 Å². The lowest BCUT2D eigenvalue weighted by atomic mass is 10.1. The third-order valence-electron chi connectivity index (χ3n) is 4.45. The van der Waals surface area contributed by atoms with Crippen molar-refractivity contribution < 1.29 is 13.2 Å². The van der Waals surface area contributed by atoms with E-state index in [1.54, 1.807) is 31.2 Å². The lowest BCUT2D eigenvalue weighted by Crippen LogP contribution is -2.49. The average molecular weight is 423 g/mol.